The number of carbonyl (C=O) groups is 1. The van der Waals surface area contributed by atoms with Gasteiger partial charge in [-0.15, -0.1) is 0 Å². The van der Waals surface area contributed by atoms with Gasteiger partial charge >= 0.3 is 0 Å². The number of nitrogens with one attached hydrogen (secondary N) is 2. The quantitative estimate of drug-likeness (QED) is 0.735. The zero-order valence-corrected chi connectivity index (χ0v) is 8.73. The summed E-state index contributed by atoms with van der Waals surface area (Å²) in [6.07, 6.45) is 9.28. The molecule has 0 saturated heterocycles. The van der Waals surface area contributed by atoms with Crippen molar-refractivity contribution in [2.75, 3.05) is 0 Å². The summed E-state index contributed by atoms with van der Waals surface area (Å²) in [5.74, 6) is 1.03. The average Bonchev–Trinajstić information content (AvgIpc) is 2.91. The molecule has 1 aromatic rings. The molecule has 2 rings (SSSR count). The third-order valence-corrected chi connectivity index (χ3v) is 2.67. The van der Waals surface area contributed by atoms with E-state index in [1.54, 1.807) is 12.4 Å². The molecule has 1 heterocycles. The van der Waals surface area contributed by atoms with Gasteiger partial charge in [0.2, 0.25) is 5.91 Å². The van der Waals surface area contributed by atoms with Crippen LogP contribution in [0.2, 0.25) is 0 Å². The number of hydrogen-bond donors (Lipinski definition) is 2. The molecule has 1 atom stereocenters. The number of H-pyrrole nitrogens is 1. The number of amides is 1. The number of imidazole rings is 1. The van der Waals surface area contributed by atoms with E-state index >= 15 is 0 Å². The lowest BCUT2D eigenvalue weighted by molar-refractivity contribution is -0.125. The number of rotatable bonds is 3. The van der Waals surface area contributed by atoms with Gasteiger partial charge in [0.1, 0.15) is 5.82 Å². The van der Waals surface area contributed by atoms with E-state index in [1.165, 1.54) is 0 Å². The lowest BCUT2D eigenvalue weighted by Gasteiger charge is -2.15. The van der Waals surface area contributed by atoms with E-state index in [1.807, 2.05) is 6.92 Å². The number of carbonyl (C=O) groups excluding carboxylic acids is 1. The van der Waals surface area contributed by atoms with E-state index in [0.29, 0.717) is 0 Å². The van der Waals surface area contributed by atoms with Crippen molar-refractivity contribution in [2.45, 2.75) is 25.8 Å². The van der Waals surface area contributed by atoms with Crippen LogP contribution in [0.15, 0.2) is 24.5 Å². The van der Waals surface area contributed by atoms with Crippen LogP contribution >= 0.6 is 0 Å². The fourth-order valence-electron chi connectivity index (χ4n) is 1.75. The standard InChI is InChI=1S/C11H15N3O/c1-8(10-12-6-7-13-10)14-11(15)9-4-2-3-5-9/h2-3,6-9H,4-5H2,1H3,(H,12,13)(H,14,15). The molecule has 80 valence electrons. The Morgan fingerprint density at radius 1 is 1.60 bits per heavy atom. The molecule has 1 aliphatic rings. The summed E-state index contributed by atoms with van der Waals surface area (Å²) < 4.78 is 0. The van der Waals surface area contributed by atoms with Gasteiger partial charge in [-0.25, -0.2) is 4.98 Å². The summed E-state index contributed by atoms with van der Waals surface area (Å²) in [5, 5.41) is 2.95. The van der Waals surface area contributed by atoms with Crippen LogP contribution in [0.3, 0.4) is 0 Å². The molecular weight excluding hydrogens is 190 g/mol. The van der Waals surface area contributed by atoms with E-state index < -0.39 is 0 Å². The minimum atomic E-state index is -0.0481. The van der Waals surface area contributed by atoms with E-state index in [-0.39, 0.29) is 17.9 Å². The second-order valence-corrected chi connectivity index (χ2v) is 3.84. The largest absolute Gasteiger partial charge is 0.347 e. The minimum absolute atomic E-state index is 0.0481. The van der Waals surface area contributed by atoms with Crippen LogP contribution in [-0.4, -0.2) is 15.9 Å². The van der Waals surface area contributed by atoms with Gasteiger partial charge < -0.3 is 10.3 Å². The molecule has 0 saturated carbocycles. The molecule has 0 bridgehead atoms. The smallest absolute Gasteiger partial charge is 0.224 e. The fourth-order valence-corrected chi connectivity index (χ4v) is 1.75. The predicted molar refractivity (Wildman–Crippen MR) is 57.0 cm³/mol. The molecule has 0 radical (unpaired) electrons. The Morgan fingerprint density at radius 2 is 2.33 bits per heavy atom. The fraction of sp³-hybridized carbons (Fsp3) is 0.455. The van der Waals surface area contributed by atoms with Gasteiger partial charge in [0, 0.05) is 18.3 Å². The Bertz CT molecular complexity index is 348. The zero-order chi connectivity index (χ0) is 10.7. The van der Waals surface area contributed by atoms with Gasteiger partial charge in [0.25, 0.3) is 0 Å². The molecule has 0 aliphatic heterocycles. The maximum Gasteiger partial charge on any atom is 0.224 e. The second-order valence-electron chi connectivity index (χ2n) is 3.84. The summed E-state index contributed by atoms with van der Waals surface area (Å²) in [5.41, 5.74) is 0. The molecule has 1 aromatic heterocycles. The first kappa shape index (κ1) is 9.96. The monoisotopic (exact) mass is 205 g/mol. The molecule has 15 heavy (non-hydrogen) atoms. The molecule has 1 unspecified atom stereocenters. The average molecular weight is 205 g/mol. The van der Waals surface area contributed by atoms with Gasteiger partial charge in [-0.1, -0.05) is 12.2 Å². The van der Waals surface area contributed by atoms with Crippen LogP contribution in [-0.2, 0) is 4.79 Å². The number of aromatic amines is 1. The first-order valence-corrected chi connectivity index (χ1v) is 5.22. The highest BCUT2D eigenvalue weighted by atomic mass is 16.1. The molecule has 0 aromatic carbocycles. The number of allylic oxidation sites excluding steroid dienone is 2. The molecular formula is C11H15N3O. The predicted octanol–water partition coefficient (Wildman–Crippen LogP) is 1.55. The van der Waals surface area contributed by atoms with Gasteiger partial charge in [0.15, 0.2) is 0 Å². The lowest BCUT2D eigenvalue weighted by Crippen LogP contribution is -2.32. The Hall–Kier alpha value is -1.58. The Labute approximate surface area is 88.8 Å². The van der Waals surface area contributed by atoms with E-state index in [9.17, 15) is 4.79 Å². The molecule has 4 nitrogen and oxygen atoms in total. The maximum absolute atomic E-state index is 11.8. The molecule has 4 heteroatoms. The second kappa shape index (κ2) is 4.29. The van der Waals surface area contributed by atoms with Crippen LogP contribution in [0.5, 0.6) is 0 Å². The number of hydrogen-bond acceptors (Lipinski definition) is 2. The van der Waals surface area contributed by atoms with Crippen molar-refractivity contribution in [1.29, 1.82) is 0 Å². The van der Waals surface area contributed by atoms with Crippen LogP contribution in [0.25, 0.3) is 0 Å². The highest BCUT2D eigenvalue weighted by Gasteiger charge is 2.21. The topological polar surface area (TPSA) is 57.8 Å². The normalized spacial score (nSPS) is 17.9. The van der Waals surface area contributed by atoms with Crippen molar-refractivity contribution in [3.63, 3.8) is 0 Å². The van der Waals surface area contributed by atoms with Crippen LogP contribution in [0.4, 0.5) is 0 Å². The minimum Gasteiger partial charge on any atom is -0.347 e. The Morgan fingerprint density at radius 3 is 2.93 bits per heavy atom. The van der Waals surface area contributed by atoms with Crippen molar-refractivity contribution in [2.24, 2.45) is 5.92 Å². The SMILES string of the molecule is CC(NC(=O)C1CC=CC1)c1ncc[nH]1. The van der Waals surface area contributed by atoms with Crippen molar-refractivity contribution < 1.29 is 4.79 Å². The summed E-state index contributed by atoms with van der Waals surface area (Å²) in [6.45, 7) is 1.93. The van der Waals surface area contributed by atoms with Crippen molar-refractivity contribution in [1.82, 2.24) is 15.3 Å². The molecule has 2 N–H and O–H groups in total. The lowest BCUT2D eigenvalue weighted by atomic mass is 10.1. The van der Waals surface area contributed by atoms with Gasteiger partial charge in [0.05, 0.1) is 6.04 Å². The Kier molecular flexibility index (Phi) is 2.85. The summed E-state index contributed by atoms with van der Waals surface area (Å²) >= 11 is 0. The summed E-state index contributed by atoms with van der Waals surface area (Å²) in [4.78, 5) is 18.9. The van der Waals surface area contributed by atoms with Gasteiger partial charge in [-0.2, -0.15) is 0 Å². The Balaban J connectivity index is 1.89. The van der Waals surface area contributed by atoms with E-state index in [2.05, 4.69) is 27.4 Å². The van der Waals surface area contributed by atoms with E-state index in [4.69, 9.17) is 0 Å². The maximum atomic E-state index is 11.8. The highest BCUT2D eigenvalue weighted by Crippen LogP contribution is 2.19. The molecule has 0 fully saturated rings. The molecule has 1 aliphatic carbocycles. The third-order valence-electron chi connectivity index (χ3n) is 2.67. The molecule has 1 amide bonds. The zero-order valence-electron chi connectivity index (χ0n) is 8.73. The number of nitrogens with zero attached hydrogens (tertiary/aromatic N) is 1. The van der Waals surface area contributed by atoms with Crippen molar-refractivity contribution >= 4 is 5.91 Å². The van der Waals surface area contributed by atoms with E-state index in [0.717, 1.165) is 18.7 Å². The van der Waals surface area contributed by atoms with Crippen LogP contribution in [0.1, 0.15) is 31.6 Å². The summed E-state index contributed by atoms with van der Waals surface area (Å²) in [6, 6.07) is -0.0481. The number of aromatic nitrogens is 2. The first-order chi connectivity index (χ1) is 7.27. The highest BCUT2D eigenvalue weighted by molar-refractivity contribution is 5.79. The van der Waals surface area contributed by atoms with Crippen LogP contribution < -0.4 is 5.32 Å². The van der Waals surface area contributed by atoms with Crippen molar-refractivity contribution in [3.8, 4) is 0 Å². The van der Waals surface area contributed by atoms with Crippen LogP contribution in [0, 0.1) is 5.92 Å². The van der Waals surface area contributed by atoms with Crippen molar-refractivity contribution in [3.05, 3.63) is 30.4 Å². The third kappa shape index (κ3) is 2.26. The molecule has 0 spiro atoms. The van der Waals surface area contributed by atoms with Gasteiger partial charge in [-0.05, 0) is 19.8 Å². The summed E-state index contributed by atoms with van der Waals surface area (Å²) in [7, 11) is 0. The van der Waals surface area contributed by atoms with Gasteiger partial charge in [-0.3, -0.25) is 4.79 Å². The first-order valence-electron chi connectivity index (χ1n) is 5.22.